The van der Waals surface area contributed by atoms with Crippen LogP contribution in [0.25, 0.3) is 0 Å². The maximum atomic E-state index is 11.8. The number of nitrogens with zero attached hydrogens (tertiary/aromatic N) is 2. The smallest absolute Gasteiger partial charge is 0.265 e. The van der Waals surface area contributed by atoms with E-state index in [1.165, 1.54) is 5.56 Å². The fourth-order valence-corrected chi connectivity index (χ4v) is 2.52. The molecule has 0 aliphatic heterocycles. The quantitative estimate of drug-likeness (QED) is 0.505. The van der Waals surface area contributed by atoms with Gasteiger partial charge in [-0.05, 0) is 37.5 Å². The molecule has 2 aromatic rings. The van der Waals surface area contributed by atoms with Gasteiger partial charge in [-0.1, -0.05) is 25.1 Å². The molecule has 1 heterocycles. The van der Waals surface area contributed by atoms with Gasteiger partial charge >= 0.3 is 0 Å². The van der Waals surface area contributed by atoms with Crippen LogP contribution in [0.3, 0.4) is 0 Å². The van der Waals surface area contributed by atoms with E-state index < -0.39 is 0 Å². The lowest BCUT2D eigenvalue weighted by Crippen LogP contribution is -2.31. The topological polar surface area (TPSA) is 72.9 Å². The van der Waals surface area contributed by atoms with Crippen LogP contribution >= 0.6 is 0 Å². The van der Waals surface area contributed by atoms with E-state index in [9.17, 15) is 4.79 Å². The van der Waals surface area contributed by atoms with E-state index in [1.54, 1.807) is 6.07 Å². The number of hydrazine groups is 1. The van der Waals surface area contributed by atoms with Gasteiger partial charge in [0.2, 0.25) is 0 Å². The van der Waals surface area contributed by atoms with Crippen molar-refractivity contribution >= 4 is 5.91 Å². The minimum absolute atomic E-state index is 0.280. The molecule has 0 aliphatic carbocycles. The van der Waals surface area contributed by atoms with Crippen LogP contribution in [0.4, 0.5) is 0 Å². The van der Waals surface area contributed by atoms with Crippen LogP contribution in [0.15, 0.2) is 24.3 Å². The minimum Gasteiger partial charge on any atom is -0.290 e. The van der Waals surface area contributed by atoms with E-state index >= 15 is 0 Å². The van der Waals surface area contributed by atoms with Crippen molar-refractivity contribution in [2.45, 2.75) is 33.7 Å². The number of hydrogen-bond acceptors (Lipinski definition) is 3. The Morgan fingerprint density at radius 2 is 2.05 bits per heavy atom. The first-order valence-corrected chi connectivity index (χ1v) is 6.70. The van der Waals surface area contributed by atoms with E-state index in [0.717, 1.165) is 23.4 Å². The monoisotopic (exact) mass is 272 g/mol. The third kappa shape index (κ3) is 2.58. The van der Waals surface area contributed by atoms with E-state index in [4.69, 9.17) is 5.84 Å². The molecule has 0 atom stereocenters. The number of nitrogens with two attached hydrogens (primary N) is 1. The zero-order valence-electron chi connectivity index (χ0n) is 12.1. The Kier molecular flexibility index (Phi) is 4.20. The Hall–Kier alpha value is -2.14. The number of carbonyl (C=O) groups is 1. The third-order valence-electron chi connectivity index (χ3n) is 3.60. The largest absolute Gasteiger partial charge is 0.290 e. The predicted octanol–water partition coefficient (Wildman–Crippen LogP) is 1.71. The fraction of sp³-hybridized carbons (Fsp3) is 0.333. The molecule has 0 fully saturated rings. The molecule has 0 radical (unpaired) electrons. The van der Waals surface area contributed by atoms with Gasteiger partial charge in [-0.25, -0.2) is 5.84 Å². The van der Waals surface area contributed by atoms with E-state index in [2.05, 4.69) is 24.4 Å². The molecule has 3 N–H and O–H groups in total. The van der Waals surface area contributed by atoms with Gasteiger partial charge in [0.05, 0.1) is 12.2 Å². The third-order valence-corrected chi connectivity index (χ3v) is 3.60. The standard InChI is InChI=1S/C15H20N4O/c1-4-13-10(2)18-19(11(13)3)9-12-7-5-6-8-14(12)15(20)17-16/h5-8H,4,9,16H2,1-3H3,(H,17,20). The molecule has 0 aliphatic rings. The van der Waals surface area contributed by atoms with Gasteiger partial charge in [0.1, 0.15) is 0 Å². The van der Waals surface area contributed by atoms with E-state index in [0.29, 0.717) is 12.1 Å². The molecule has 2 rings (SSSR count). The Balaban J connectivity index is 2.38. The molecule has 1 amide bonds. The summed E-state index contributed by atoms with van der Waals surface area (Å²) in [6, 6.07) is 7.43. The molecule has 5 heteroatoms. The van der Waals surface area contributed by atoms with Gasteiger partial charge in [-0.15, -0.1) is 0 Å². The van der Waals surface area contributed by atoms with Gasteiger partial charge in [-0.2, -0.15) is 5.10 Å². The molecule has 20 heavy (non-hydrogen) atoms. The number of benzene rings is 1. The molecule has 106 valence electrons. The summed E-state index contributed by atoms with van der Waals surface area (Å²) in [6.07, 6.45) is 0.961. The van der Waals surface area contributed by atoms with Crippen LogP contribution in [0.5, 0.6) is 0 Å². The van der Waals surface area contributed by atoms with Crippen LogP contribution < -0.4 is 11.3 Å². The number of aryl methyl sites for hydroxylation is 1. The summed E-state index contributed by atoms with van der Waals surface area (Å²) in [6.45, 7) is 6.76. The van der Waals surface area contributed by atoms with Crippen molar-refractivity contribution in [2.75, 3.05) is 0 Å². The van der Waals surface area contributed by atoms with Gasteiger partial charge in [0.15, 0.2) is 0 Å². The Morgan fingerprint density at radius 1 is 1.35 bits per heavy atom. The molecular weight excluding hydrogens is 252 g/mol. The second-order valence-electron chi connectivity index (χ2n) is 4.79. The Morgan fingerprint density at radius 3 is 2.65 bits per heavy atom. The van der Waals surface area contributed by atoms with Crippen LogP contribution in [-0.2, 0) is 13.0 Å². The van der Waals surface area contributed by atoms with Crippen molar-refractivity contribution < 1.29 is 4.79 Å². The number of rotatable bonds is 4. The van der Waals surface area contributed by atoms with Gasteiger partial charge in [-0.3, -0.25) is 14.9 Å². The maximum absolute atomic E-state index is 11.8. The van der Waals surface area contributed by atoms with Crippen molar-refractivity contribution in [1.29, 1.82) is 0 Å². The molecule has 0 saturated carbocycles. The summed E-state index contributed by atoms with van der Waals surface area (Å²) in [5.74, 6) is 4.94. The van der Waals surface area contributed by atoms with Crippen LogP contribution in [0, 0.1) is 13.8 Å². The van der Waals surface area contributed by atoms with E-state index in [1.807, 2.05) is 29.8 Å². The van der Waals surface area contributed by atoms with Crippen LogP contribution in [-0.4, -0.2) is 15.7 Å². The predicted molar refractivity (Wildman–Crippen MR) is 78.3 cm³/mol. The summed E-state index contributed by atoms with van der Waals surface area (Å²) >= 11 is 0. The van der Waals surface area contributed by atoms with Gasteiger partial charge in [0, 0.05) is 11.3 Å². The van der Waals surface area contributed by atoms with Crippen LogP contribution in [0.1, 0.15) is 39.8 Å². The summed E-state index contributed by atoms with van der Waals surface area (Å²) < 4.78 is 1.94. The molecule has 0 unspecified atom stereocenters. The zero-order chi connectivity index (χ0) is 14.7. The highest BCUT2D eigenvalue weighted by Gasteiger charge is 2.13. The second kappa shape index (κ2) is 5.88. The zero-order valence-corrected chi connectivity index (χ0v) is 12.1. The summed E-state index contributed by atoms with van der Waals surface area (Å²) in [5.41, 5.74) is 7.13. The summed E-state index contributed by atoms with van der Waals surface area (Å²) in [4.78, 5) is 11.8. The summed E-state index contributed by atoms with van der Waals surface area (Å²) in [5, 5.41) is 4.56. The first kappa shape index (κ1) is 14.3. The molecule has 1 aromatic heterocycles. The number of aromatic nitrogens is 2. The average molecular weight is 272 g/mol. The van der Waals surface area contributed by atoms with Crippen molar-refractivity contribution in [3.8, 4) is 0 Å². The lowest BCUT2D eigenvalue weighted by atomic mass is 10.1. The highest BCUT2D eigenvalue weighted by molar-refractivity contribution is 5.95. The van der Waals surface area contributed by atoms with Gasteiger partial charge < -0.3 is 0 Å². The molecule has 0 spiro atoms. The van der Waals surface area contributed by atoms with Gasteiger partial charge in [0.25, 0.3) is 5.91 Å². The van der Waals surface area contributed by atoms with Crippen molar-refractivity contribution in [3.05, 3.63) is 52.3 Å². The fourth-order valence-electron chi connectivity index (χ4n) is 2.52. The van der Waals surface area contributed by atoms with E-state index in [-0.39, 0.29) is 5.91 Å². The summed E-state index contributed by atoms with van der Waals surface area (Å²) in [7, 11) is 0. The van der Waals surface area contributed by atoms with Crippen molar-refractivity contribution in [2.24, 2.45) is 5.84 Å². The lowest BCUT2D eigenvalue weighted by molar-refractivity contribution is 0.0952. The average Bonchev–Trinajstić information content (AvgIpc) is 2.72. The highest BCUT2D eigenvalue weighted by Crippen LogP contribution is 2.17. The SMILES string of the molecule is CCc1c(C)nn(Cc2ccccc2C(=O)NN)c1C. The normalized spacial score (nSPS) is 10.6. The minimum atomic E-state index is -0.280. The number of hydrogen-bond donors (Lipinski definition) is 2. The highest BCUT2D eigenvalue weighted by atomic mass is 16.2. The maximum Gasteiger partial charge on any atom is 0.265 e. The Bertz CT molecular complexity index is 631. The molecule has 1 aromatic carbocycles. The van der Waals surface area contributed by atoms with Crippen molar-refractivity contribution in [3.63, 3.8) is 0 Å². The molecular formula is C15H20N4O. The van der Waals surface area contributed by atoms with Crippen LogP contribution in [0.2, 0.25) is 0 Å². The number of carbonyl (C=O) groups excluding carboxylic acids is 1. The number of amides is 1. The molecule has 0 saturated heterocycles. The molecule has 0 bridgehead atoms. The second-order valence-corrected chi connectivity index (χ2v) is 4.79. The molecule has 5 nitrogen and oxygen atoms in total. The number of nitrogen functional groups attached to an aromatic ring is 1. The first-order chi connectivity index (χ1) is 9.58. The Labute approximate surface area is 118 Å². The number of nitrogens with one attached hydrogen (secondary N) is 1. The van der Waals surface area contributed by atoms with Crippen molar-refractivity contribution in [1.82, 2.24) is 15.2 Å². The first-order valence-electron chi connectivity index (χ1n) is 6.70. The lowest BCUT2D eigenvalue weighted by Gasteiger charge is -2.10.